The second kappa shape index (κ2) is 16.0. The van der Waals surface area contributed by atoms with Crippen LogP contribution in [-0.2, 0) is 27.2 Å². The number of carbonyl (C=O) groups is 3. The number of likely N-dealkylation sites (N-methyl/N-ethyl adjacent to an activating group) is 2. The average molecular weight is 674 g/mol. The minimum Gasteiger partial charge on any atom is -0.354 e. The molecule has 8 nitrogen and oxygen atoms in total. The molecule has 262 valence electrons. The summed E-state index contributed by atoms with van der Waals surface area (Å²) < 4.78 is 28.1. The Hall–Kier alpha value is -4.15. The lowest BCUT2D eigenvalue weighted by Gasteiger charge is -2.37. The molecule has 3 N–H and O–H groups in total. The summed E-state index contributed by atoms with van der Waals surface area (Å²) in [6.45, 7) is 1.43. The molecule has 2 fully saturated rings. The molecule has 49 heavy (non-hydrogen) atoms. The summed E-state index contributed by atoms with van der Waals surface area (Å²) in [5.74, 6) is -3.20. The van der Waals surface area contributed by atoms with Crippen molar-refractivity contribution in [3.8, 4) is 0 Å². The van der Waals surface area contributed by atoms with Crippen LogP contribution in [-0.4, -0.2) is 90.3 Å². The van der Waals surface area contributed by atoms with E-state index in [1.165, 1.54) is 29.0 Å². The van der Waals surface area contributed by atoms with Gasteiger partial charge in [-0.1, -0.05) is 54.6 Å². The van der Waals surface area contributed by atoms with Gasteiger partial charge in [0.15, 0.2) is 11.6 Å². The Balaban J connectivity index is 1.40. The Morgan fingerprint density at radius 3 is 2.31 bits per heavy atom. The molecule has 1 aliphatic heterocycles. The van der Waals surface area contributed by atoms with Gasteiger partial charge in [0.2, 0.25) is 17.7 Å². The Bertz CT molecular complexity index is 1680. The molecule has 0 bridgehead atoms. The van der Waals surface area contributed by atoms with Gasteiger partial charge in [0, 0.05) is 45.1 Å². The van der Waals surface area contributed by atoms with Crippen LogP contribution in [0.5, 0.6) is 0 Å². The molecule has 3 atom stereocenters. The number of nitrogens with two attached hydrogens (primary N) is 1. The van der Waals surface area contributed by atoms with Gasteiger partial charge >= 0.3 is 0 Å². The van der Waals surface area contributed by atoms with E-state index in [1.54, 1.807) is 13.1 Å². The largest absolute Gasteiger partial charge is 0.354 e. The standard InChI is InChI=1S/C39H49F2N5O3/c1-44-22-7-11-31(44)17-21-43-37(48)34(25-28-14-16-32(40)33(41)24-28)46(3)38(49)35(26-27-13-15-29-9-4-5-10-30(29)23-27)45(2)36(47)12-6-18-39(42)19-8-20-39/h4-6,9-10,12-16,23-24,31,34-35H,7-8,11,17-22,25-26,42H2,1-3H3,(H,43,48)/t31?,34-,35-/m1/s1. The molecule has 2 aliphatic rings. The number of likely N-dealkylation sites (tertiary alicyclic amines) is 1. The third kappa shape index (κ3) is 9.10. The van der Waals surface area contributed by atoms with Crippen LogP contribution >= 0.6 is 0 Å². The second-order valence-corrected chi connectivity index (χ2v) is 13.9. The van der Waals surface area contributed by atoms with E-state index in [0.29, 0.717) is 24.6 Å². The molecule has 3 amide bonds. The normalized spacial score (nSPS) is 18.6. The monoisotopic (exact) mass is 673 g/mol. The summed E-state index contributed by atoms with van der Waals surface area (Å²) in [7, 11) is 5.20. The number of nitrogens with one attached hydrogen (secondary N) is 1. The summed E-state index contributed by atoms with van der Waals surface area (Å²) in [5.41, 5.74) is 7.30. The van der Waals surface area contributed by atoms with E-state index < -0.39 is 35.5 Å². The Kier molecular flexibility index (Phi) is 11.8. The van der Waals surface area contributed by atoms with Crippen molar-refractivity contribution in [3.63, 3.8) is 0 Å². The van der Waals surface area contributed by atoms with Gasteiger partial charge in [-0.25, -0.2) is 8.78 Å². The number of hydrogen-bond acceptors (Lipinski definition) is 5. The Morgan fingerprint density at radius 1 is 0.939 bits per heavy atom. The van der Waals surface area contributed by atoms with Gasteiger partial charge in [-0.05, 0) is 98.6 Å². The quantitative estimate of drug-likeness (QED) is 0.235. The highest BCUT2D eigenvalue weighted by atomic mass is 19.2. The van der Waals surface area contributed by atoms with Gasteiger partial charge in [0.25, 0.3) is 0 Å². The number of amides is 3. The van der Waals surface area contributed by atoms with Crippen LogP contribution in [0.1, 0.15) is 56.1 Å². The first-order valence-corrected chi connectivity index (χ1v) is 17.3. The van der Waals surface area contributed by atoms with E-state index in [0.717, 1.165) is 73.5 Å². The van der Waals surface area contributed by atoms with Crippen molar-refractivity contribution >= 4 is 28.5 Å². The van der Waals surface area contributed by atoms with Gasteiger partial charge in [-0.15, -0.1) is 0 Å². The molecular weight excluding hydrogens is 624 g/mol. The Labute approximate surface area is 288 Å². The van der Waals surface area contributed by atoms with E-state index in [9.17, 15) is 23.2 Å². The van der Waals surface area contributed by atoms with Gasteiger partial charge in [0.05, 0.1) is 0 Å². The molecule has 1 aliphatic carbocycles. The maximum absolute atomic E-state index is 14.5. The van der Waals surface area contributed by atoms with Crippen LogP contribution in [0.2, 0.25) is 0 Å². The highest BCUT2D eigenvalue weighted by molar-refractivity contribution is 5.95. The molecule has 0 aromatic heterocycles. The van der Waals surface area contributed by atoms with Crippen molar-refractivity contribution in [2.45, 2.75) is 81.5 Å². The first-order valence-electron chi connectivity index (χ1n) is 17.3. The number of halogens is 2. The van der Waals surface area contributed by atoms with Crippen molar-refractivity contribution < 1.29 is 23.2 Å². The van der Waals surface area contributed by atoms with Crippen molar-refractivity contribution in [2.24, 2.45) is 5.73 Å². The van der Waals surface area contributed by atoms with Crippen LogP contribution in [0.3, 0.4) is 0 Å². The predicted octanol–water partition coefficient (Wildman–Crippen LogP) is 4.99. The van der Waals surface area contributed by atoms with Gasteiger partial charge in [-0.2, -0.15) is 0 Å². The highest BCUT2D eigenvalue weighted by Crippen LogP contribution is 2.32. The first-order chi connectivity index (χ1) is 23.4. The van der Waals surface area contributed by atoms with E-state index in [2.05, 4.69) is 17.3 Å². The Morgan fingerprint density at radius 2 is 1.63 bits per heavy atom. The van der Waals surface area contributed by atoms with Crippen LogP contribution in [0, 0.1) is 11.6 Å². The minimum atomic E-state index is -1.03. The van der Waals surface area contributed by atoms with E-state index in [1.807, 2.05) is 42.5 Å². The third-order valence-electron chi connectivity index (χ3n) is 10.5. The van der Waals surface area contributed by atoms with Crippen LogP contribution < -0.4 is 11.1 Å². The number of rotatable bonds is 14. The highest BCUT2D eigenvalue weighted by Gasteiger charge is 2.36. The smallest absolute Gasteiger partial charge is 0.246 e. The first kappa shape index (κ1) is 36.1. The van der Waals surface area contributed by atoms with E-state index in [-0.39, 0.29) is 24.3 Å². The molecule has 3 aromatic rings. The zero-order valence-corrected chi connectivity index (χ0v) is 28.8. The van der Waals surface area contributed by atoms with Crippen LogP contribution in [0.4, 0.5) is 8.78 Å². The number of benzene rings is 3. The van der Waals surface area contributed by atoms with Crippen molar-refractivity contribution in [3.05, 3.63) is 95.6 Å². The fraction of sp³-hybridized carbons (Fsp3) is 0.462. The second-order valence-electron chi connectivity index (χ2n) is 13.9. The zero-order valence-electron chi connectivity index (χ0n) is 28.8. The lowest BCUT2D eigenvalue weighted by atomic mass is 9.75. The number of hydrogen-bond donors (Lipinski definition) is 2. The number of carbonyl (C=O) groups excluding carboxylic acids is 3. The van der Waals surface area contributed by atoms with Gasteiger partial charge in [0.1, 0.15) is 12.1 Å². The predicted molar refractivity (Wildman–Crippen MR) is 189 cm³/mol. The summed E-state index contributed by atoms with van der Waals surface area (Å²) in [5, 5.41) is 5.05. The fourth-order valence-corrected chi connectivity index (χ4v) is 6.99. The van der Waals surface area contributed by atoms with Crippen molar-refractivity contribution in [2.75, 3.05) is 34.2 Å². The zero-order chi connectivity index (χ0) is 35.1. The number of nitrogens with zero attached hydrogens (tertiary/aromatic N) is 3. The third-order valence-corrected chi connectivity index (χ3v) is 10.5. The molecule has 0 spiro atoms. The SMILES string of the molecule is CN1CCCC1CCNC(=O)[C@@H](Cc1ccc(F)c(F)c1)N(C)C(=O)[C@@H](Cc1ccc2ccccc2c1)N(C)C(=O)C=CCC1(N)CCC1. The average Bonchev–Trinajstić information content (AvgIpc) is 3.49. The van der Waals surface area contributed by atoms with Gasteiger partial charge < -0.3 is 25.8 Å². The molecular formula is C39H49F2N5O3. The van der Waals surface area contributed by atoms with Gasteiger partial charge in [-0.3, -0.25) is 14.4 Å². The summed E-state index contributed by atoms with van der Waals surface area (Å²) >= 11 is 0. The number of fused-ring (bicyclic) bond motifs is 1. The summed E-state index contributed by atoms with van der Waals surface area (Å²) in [6.07, 6.45) is 9.81. The fourth-order valence-electron chi connectivity index (χ4n) is 6.99. The lowest BCUT2D eigenvalue weighted by molar-refractivity contribution is -0.146. The molecule has 1 unspecified atom stereocenters. The molecule has 1 heterocycles. The molecule has 3 aromatic carbocycles. The van der Waals surface area contributed by atoms with E-state index in [4.69, 9.17) is 5.73 Å². The molecule has 1 saturated heterocycles. The van der Waals surface area contributed by atoms with Crippen molar-refractivity contribution in [1.29, 1.82) is 0 Å². The summed E-state index contributed by atoms with van der Waals surface area (Å²) in [4.78, 5) is 46.9. The van der Waals surface area contributed by atoms with Crippen LogP contribution in [0.15, 0.2) is 72.8 Å². The molecule has 1 saturated carbocycles. The minimum absolute atomic E-state index is 0.0343. The topological polar surface area (TPSA) is 99.0 Å². The van der Waals surface area contributed by atoms with Crippen LogP contribution in [0.25, 0.3) is 10.8 Å². The molecule has 5 rings (SSSR count). The maximum atomic E-state index is 14.5. The molecule has 10 heteroatoms. The van der Waals surface area contributed by atoms with E-state index >= 15 is 0 Å². The maximum Gasteiger partial charge on any atom is 0.246 e. The lowest BCUT2D eigenvalue weighted by Crippen LogP contribution is -2.56. The summed E-state index contributed by atoms with van der Waals surface area (Å²) in [6, 6.07) is 15.7. The van der Waals surface area contributed by atoms with Crippen molar-refractivity contribution in [1.82, 2.24) is 20.0 Å². The molecule has 0 radical (unpaired) electrons.